The maximum atomic E-state index is 13.0. The van der Waals surface area contributed by atoms with Crippen LogP contribution in [0.2, 0.25) is 0 Å². The molecule has 1 aromatic heterocycles. The van der Waals surface area contributed by atoms with Crippen LogP contribution >= 0.6 is 0 Å². The average Bonchev–Trinajstić information content (AvgIpc) is 3.45. The second kappa shape index (κ2) is 6.66. The summed E-state index contributed by atoms with van der Waals surface area (Å²) in [6.45, 7) is 2.49. The van der Waals surface area contributed by atoms with E-state index in [9.17, 15) is 9.59 Å². The molecule has 0 aliphatic heterocycles. The zero-order chi connectivity index (χ0) is 17.4. The van der Waals surface area contributed by atoms with Crippen molar-refractivity contribution in [3.05, 3.63) is 45.7 Å². The number of pyridine rings is 1. The molecular weight excluding hydrogens is 312 g/mol. The summed E-state index contributed by atoms with van der Waals surface area (Å²) >= 11 is 0. The number of H-pyrrole nitrogens is 1. The van der Waals surface area contributed by atoms with Crippen LogP contribution in [0.4, 0.5) is 0 Å². The molecule has 2 saturated carbocycles. The van der Waals surface area contributed by atoms with Gasteiger partial charge in [-0.1, -0.05) is 30.9 Å². The normalized spacial score (nSPS) is 18.4. The Balaban J connectivity index is 1.61. The van der Waals surface area contributed by atoms with E-state index >= 15 is 0 Å². The number of carbonyl (C=O) groups excluding carboxylic acids is 1. The van der Waals surface area contributed by atoms with Gasteiger partial charge < -0.3 is 9.88 Å². The first-order chi connectivity index (χ1) is 12.1. The van der Waals surface area contributed by atoms with Gasteiger partial charge in [0.2, 0.25) is 5.91 Å². The molecule has 4 rings (SSSR count). The highest BCUT2D eigenvalue weighted by molar-refractivity contribution is 5.81. The van der Waals surface area contributed by atoms with E-state index < -0.39 is 0 Å². The summed E-state index contributed by atoms with van der Waals surface area (Å²) in [5, 5.41) is 1.04. The SMILES string of the molecule is Cc1ccc2[nH]c(=O)c(CN(C(=O)C3CCCCC3)C3CC3)cc2c1. The Labute approximate surface area is 148 Å². The van der Waals surface area contributed by atoms with Gasteiger partial charge in [0.25, 0.3) is 5.56 Å². The monoisotopic (exact) mass is 338 g/mol. The zero-order valence-electron chi connectivity index (χ0n) is 14.9. The first-order valence-corrected chi connectivity index (χ1v) is 9.55. The Hall–Kier alpha value is -2.10. The van der Waals surface area contributed by atoms with Crippen LogP contribution in [0.3, 0.4) is 0 Å². The third-order valence-corrected chi connectivity index (χ3v) is 5.64. The highest BCUT2D eigenvalue weighted by Crippen LogP contribution is 2.33. The van der Waals surface area contributed by atoms with Crippen molar-refractivity contribution >= 4 is 16.8 Å². The van der Waals surface area contributed by atoms with E-state index in [1.807, 2.05) is 30.0 Å². The van der Waals surface area contributed by atoms with Gasteiger partial charge >= 0.3 is 0 Å². The van der Waals surface area contributed by atoms with E-state index in [0.717, 1.165) is 49.4 Å². The molecule has 1 N–H and O–H groups in total. The molecule has 2 fully saturated rings. The van der Waals surface area contributed by atoms with Crippen LogP contribution in [-0.2, 0) is 11.3 Å². The number of aromatic amines is 1. The first kappa shape index (κ1) is 16.4. The van der Waals surface area contributed by atoms with Crippen molar-refractivity contribution in [3.63, 3.8) is 0 Å². The lowest BCUT2D eigenvalue weighted by molar-refractivity contribution is -0.137. The second-order valence-electron chi connectivity index (χ2n) is 7.75. The van der Waals surface area contributed by atoms with Crippen molar-refractivity contribution in [1.82, 2.24) is 9.88 Å². The van der Waals surface area contributed by atoms with Gasteiger partial charge in [0.1, 0.15) is 0 Å². The topological polar surface area (TPSA) is 53.2 Å². The maximum Gasteiger partial charge on any atom is 0.253 e. The van der Waals surface area contributed by atoms with Crippen LogP contribution in [0.15, 0.2) is 29.1 Å². The standard InChI is InChI=1S/C21H26N2O2/c1-14-7-10-19-16(11-14)12-17(20(24)22-19)13-23(18-8-9-18)21(25)15-5-3-2-4-6-15/h7,10-12,15,18H,2-6,8-9,13H2,1H3,(H,22,24). The predicted octanol–water partition coefficient (Wildman–Crippen LogP) is 3.91. The fourth-order valence-corrected chi connectivity index (χ4v) is 4.03. The number of hydrogen-bond donors (Lipinski definition) is 1. The summed E-state index contributed by atoms with van der Waals surface area (Å²) in [6.07, 6.45) is 7.73. The van der Waals surface area contributed by atoms with Gasteiger partial charge in [0.05, 0.1) is 6.54 Å². The predicted molar refractivity (Wildman–Crippen MR) is 99.5 cm³/mol. The Bertz CT molecular complexity index is 845. The van der Waals surface area contributed by atoms with Crippen LogP contribution in [0.1, 0.15) is 56.1 Å². The molecule has 2 aliphatic carbocycles. The maximum absolute atomic E-state index is 13.0. The van der Waals surface area contributed by atoms with Crippen molar-refractivity contribution in [2.75, 3.05) is 0 Å². The Morgan fingerprint density at radius 2 is 1.88 bits per heavy atom. The third kappa shape index (κ3) is 3.48. The first-order valence-electron chi connectivity index (χ1n) is 9.55. The molecule has 0 saturated heterocycles. The molecular formula is C21H26N2O2. The molecule has 0 atom stereocenters. The average molecular weight is 338 g/mol. The lowest BCUT2D eigenvalue weighted by Gasteiger charge is -2.29. The lowest BCUT2D eigenvalue weighted by Crippen LogP contribution is -2.39. The molecule has 2 aliphatic rings. The van der Waals surface area contributed by atoms with Gasteiger partial charge in [0, 0.05) is 23.0 Å². The fraction of sp³-hybridized carbons (Fsp3) is 0.524. The minimum absolute atomic E-state index is 0.0709. The van der Waals surface area contributed by atoms with Crippen molar-refractivity contribution in [3.8, 4) is 0 Å². The van der Waals surface area contributed by atoms with Crippen LogP contribution in [0.25, 0.3) is 10.9 Å². The summed E-state index contributed by atoms with van der Waals surface area (Å²) < 4.78 is 0. The number of rotatable bonds is 4. The summed E-state index contributed by atoms with van der Waals surface area (Å²) in [4.78, 5) is 30.5. The van der Waals surface area contributed by atoms with E-state index in [1.54, 1.807) is 0 Å². The largest absolute Gasteiger partial charge is 0.335 e. The highest BCUT2D eigenvalue weighted by Gasteiger charge is 2.36. The van der Waals surface area contributed by atoms with E-state index in [-0.39, 0.29) is 17.4 Å². The third-order valence-electron chi connectivity index (χ3n) is 5.64. The molecule has 25 heavy (non-hydrogen) atoms. The molecule has 0 radical (unpaired) electrons. The van der Waals surface area contributed by atoms with E-state index in [1.165, 1.54) is 12.0 Å². The van der Waals surface area contributed by atoms with Gasteiger partial charge in [-0.3, -0.25) is 9.59 Å². The van der Waals surface area contributed by atoms with Crippen LogP contribution in [0, 0.1) is 12.8 Å². The summed E-state index contributed by atoms with van der Waals surface area (Å²) in [5.74, 6) is 0.432. The minimum Gasteiger partial charge on any atom is -0.335 e. The van der Waals surface area contributed by atoms with Gasteiger partial charge in [-0.2, -0.15) is 0 Å². The molecule has 4 nitrogen and oxygen atoms in total. The molecule has 1 aromatic carbocycles. The number of nitrogens with one attached hydrogen (secondary N) is 1. The number of hydrogen-bond acceptors (Lipinski definition) is 2. The minimum atomic E-state index is -0.0709. The fourth-order valence-electron chi connectivity index (χ4n) is 4.03. The summed E-state index contributed by atoms with van der Waals surface area (Å²) in [6, 6.07) is 8.33. The van der Waals surface area contributed by atoms with Crippen molar-refractivity contribution in [2.24, 2.45) is 5.92 Å². The summed E-state index contributed by atoms with van der Waals surface area (Å²) in [5.41, 5.74) is 2.66. The zero-order valence-corrected chi connectivity index (χ0v) is 14.9. The lowest BCUT2D eigenvalue weighted by atomic mass is 9.88. The van der Waals surface area contributed by atoms with E-state index in [0.29, 0.717) is 18.2 Å². The molecule has 0 unspecified atom stereocenters. The van der Waals surface area contributed by atoms with Crippen LogP contribution in [0.5, 0.6) is 0 Å². The smallest absolute Gasteiger partial charge is 0.253 e. The Morgan fingerprint density at radius 1 is 1.12 bits per heavy atom. The van der Waals surface area contributed by atoms with Crippen molar-refractivity contribution in [2.45, 2.75) is 64.5 Å². The number of amides is 1. The second-order valence-corrected chi connectivity index (χ2v) is 7.75. The Morgan fingerprint density at radius 3 is 2.60 bits per heavy atom. The van der Waals surface area contributed by atoms with Crippen molar-refractivity contribution in [1.29, 1.82) is 0 Å². The van der Waals surface area contributed by atoms with Crippen LogP contribution in [-0.4, -0.2) is 21.8 Å². The van der Waals surface area contributed by atoms with Gasteiger partial charge in [0.15, 0.2) is 0 Å². The molecule has 1 heterocycles. The van der Waals surface area contributed by atoms with E-state index in [4.69, 9.17) is 0 Å². The number of aromatic nitrogens is 1. The highest BCUT2D eigenvalue weighted by atomic mass is 16.2. The summed E-state index contributed by atoms with van der Waals surface area (Å²) in [7, 11) is 0. The van der Waals surface area contributed by atoms with Gasteiger partial charge in [-0.05, 0) is 56.2 Å². The van der Waals surface area contributed by atoms with Gasteiger partial charge in [-0.15, -0.1) is 0 Å². The molecule has 0 bridgehead atoms. The quantitative estimate of drug-likeness (QED) is 0.919. The number of nitrogens with zero attached hydrogens (tertiary/aromatic N) is 1. The molecule has 132 valence electrons. The molecule has 1 amide bonds. The molecule has 4 heteroatoms. The van der Waals surface area contributed by atoms with Crippen LogP contribution < -0.4 is 5.56 Å². The number of carbonyl (C=O) groups is 1. The number of aryl methyl sites for hydroxylation is 1. The van der Waals surface area contributed by atoms with E-state index in [2.05, 4.69) is 11.1 Å². The van der Waals surface area contributed by atoms with Gasteiger partial charge in [-0.25, -0.2) is 0 Å². The van der Waals surface area contributed by atoms with Crippen molar-refractivity contribution < 1.29 is 4.79 Å². The number of benzene rings is 1. The molecule has 2 aromatic rings. The number of fused-ring (bicyclic) bond motifs is 1. The Kier molecular flexibility index (Phi) is 4.36. The molecule has 0 spiro atoms.